The van der Waals surface area contributed by atoms with Gasteiger partial charge >= 0.3 is 0 Å². The minimum Gasteiger partial charge on any atom is -0.394 e. The fraction of sp³-hybridized carbons (Fsp3) is 0.847. The zero-order valence-corrected chi connectivity index (χ0v) is 44.1. The molecule has 0 aromatic rings. The number of ether oxygens (including phenoxy) is 2. The van der Waals surface area contributed by atoms with Crippen molar-refractivity contribution >= 4 is 5.91 Å². The fourth-order valence-electron chi connectivity index (χ4n) is 9.11. The molecule has 1 aliphatic heterocycles. The number of amides is 1. The van der Waals surface area contributed by atoms with Crippen molar-refractivity contribution in [1.29, 1.82) is 0 Å². The van der Waals surface area contributed by atoms with E-state index in [1.54, 1.807) is 6.08 Å². The summed E-state index contributed by atoms with van der Waals surface area (Å²) in [6, 6.07) is -0.821. The molecule has 1 amide bonds. The van der Waals surface area contributed by atoms with E-state index in [4.69, 9.17) is 9.47 Å². The molecule has 398 valence electrons. The molecule has 68 heavy (non-hydrogen) atoms. The number of carbonyl (C=O) groups is 1. The Morgan fingerprint density at radius 1 is 0.515 bits per heavy atom. The van der Waals surface area contributed by atoms with Gasteiger partial charge in [0.2, 0.25) is 5.91 Å². The predicted molar refractivity (Wildman–Crippen MR) is 286 cm³/mol. The van der Waals surface area contributed by atoms with Crippen molar-refractivity contribution in [2.24, 2.45) is 0 Å². The summed E-state index contributed by atoms with van der Waals surface area (Å²) in [5, 5.41) is 54.4. The number of rotatable bonds is 49. The lowest BCUT2D eigenvalue weighted by atomic mass is 9.99. The Hall–Kier alpha value is -1.85. The van der Waals surface area contributed by atoms with Crippen molar-refractivity contribution in [2.75, 3.05) is 13.2 Å². The summed E-state index contributed by atoms with van der Waals surface area (Å²) in [6.45, 7) is 3.66. The van der Waals surface area contributed by atoms with E-state index < -0.39 is 49.5 Å². The van der Waals surface area contributed by atoms with Crippen LogP contribution in [0.2, 0.25) is 0 Å². The predicted octanol–water partition coefficient (Wildman–Crippen LogP) is 14.1. The average molecular weight is 961 g/mol. The molecule has 0 spiro atoms. The molecule has 1 fully saturated rings. The number of aliphatic hydroxyl groups excluding tert-OH is 5. The van der Waals surface area contributed by atoms with Crippen molar-refractivity contribution in [3.05, 3.63) is 48.6 Å². The summed E-state index contributed by atoms with van der Waals surface area (Å²) in [7, 11) is 0. The highest BCUT2D eigenvalue weighted by Gasteiger charge is 2.44. The molecule has 0 saturated carbocycles. The second kappa shape index (κ2) is 48.8. The Morgan fingerprint density at radius 3 is 1.35 bits per heavy atom. The third-order valence-corrected chi connectivity index (χ3v) is 13.7. The molecule has 7 unspecified atom stereocenters. The largest absolute Gasteiger partial charge is 0.394 e. The Kier molecular flexibility index (Phi) is 46.0. The number of unbranched alkanes of at least 4 members (excludes halogenated alkanes) is 33. The third-order valence-electron chi connectivity index (χ3n) is 13.7. The van der Waals surface area contributed by atoms with Gasteiger partial charge in [0.05, 0.1) is 25.4 Å². The molecular formula is C59H109NO8. The van der Waals surface area contributed by atoms with E-state index >= 15 is 0 Å². The van der Waals surface area contributed by atoms with E-state index in [9.17, 15) is 30.3 Å². The minimum atomic E-state index is -1.57. The van der Waals surface area contributed by atoms with Crippen LogP contribution in [-0.2, 0) is 14.3 Å². The first kappa shape index (κ1) is 64.2. The van der Waals surface area contributed by atoms with Crippen LogP contribution in [0.25, 0.3) is 0 Å². The summed E-state index contributed by atoms with van der Waals surface area (Å²) >= 11 is 0. The van der Waals surface area contributed by atoms with E-state index in [0.29, 0.717) is 6.42 Å². The standard InChI is InChI=1S/C59H109NO8/c1-3-5-7-9-11-13-15-17-18-19-20-21-22-23-24-25-26-27-28-29-30-31-32-33-34-35-37-38-40-42-44-46-48-53(62)52(51-67-59-58(66)57(65)56(64)54(50-61)68-59)60-55(63)49-47-45-43-41-39-36-16-14-12-10-8-6-4-2/h6,8,12,14,36,39,46,48,52-54,56-59,61-62,64-66H,3-5,7,9-11,13,15-35,37-38,40-45,47,49-51H2,1-2H3,(H,60,63)/b8-6-,14-12-,39-36-,48-46+. The van der Waals surface area contributed by atoms with Gasteiger partial charge in [0.15, 0.2) is 6.29 Å². The fourth-order valence-corrected chi connectivity index (χ4v) is 9.11. The van der Waals surface area contributed by atoms with Crippen LogP contribution in [0.1, 0.15) is 264 Å². The third kappa shape index (κ3) is 37.9. The van der Waals surface area contributed by atoms with Crippen LogP contribution in [0.15, 0.2) is 48.6 Å². The molecule has 6 N–H and O–H groups in total. The van der Waals surface area contributed by atoms with Crippen molar-refractivity contribution in [2.45, 2.75) is 307 Å². The molecular weight excluding hydrogens is 851 g/mol. The second-order valence-electron chi connectivity index (χ2n) is 20.1. The normalized spacial score (nSPS) is 19.9. The zero-order chi connectivity index (χ0) is 49.4. The summed E-state index contributed by atoms with van der Waals surface area (Å²) in [5.74, 6) is -0.205. The Labute approximate surface area is 418 Å². The molecule has 1 heterocycles. The van der Waals surface area contributed by atoms with Crippen LogP contribution in [-0.4, -0.2) is 87.5 Å². The van der Waals surface area contributed by atoms with E-state index in [1.807, 2.05) is 6.08 Å². The molecule has 0 aromatic carbocycles. The maximum atomic E-state index is 13.0. The van der Waals surface area contributed by atoms with Crippen LogP contribution < -0.4 is 5.32 Å². The first-order chi connectivity index (χ1) is 33.3. The molecule has 9 heteroatoms. The Bertz CT molecular complexity index is 1210. The maximum Gasteiger partial charge on any atom is 0.220 e. The summed E-state index contributed by atoms with van der Waals surface area (Å²) in [5.41, 5.74) is 0. The van der Waals surface area contributed by atoms with Crippen molar-refractivity contribution in [1.82, 2.24) is 5.32 Å². The number of carbonyl (C=O) groups excluding carboxylic acids is 1. The van der Waals surface area contributed by atoms with Gasteiger partial charge < -0.3 is 40.3 Å². The van der Waals surface area contributed by atoms with Gasteiger partial charge in [0.25, 0.3) is 0 Å². The highest BCUT2D eigenvalue weighted by molar-refractivity contribution is 5.76. The van der Waals surface area contributed by atoms with E-state index in [1.165, 1.54) is 180 Å². The van der Waals surface area contributed by atoms with E-state index in [2.05, 4.69) is 55.6 Å². The lowest BCUT2D eigenvalue weighted by Crippen LogP contribution is -2.60. The topological polar surface area (TPSA) is 149 Å². The molecule has 1 saturated heterocycles. The summed E-state index contributed by atoms with van der Waals surface area (Å²) in [6.07, 6.45) is 57.8. The van der Waals surface area contributed by atoms with Gasteiger partial charge in [-0.1, -0.05) is 255 Å². The molecule has 0 bridgehead atoms. The lowest BCUT2D eigenvalue weighted by Gasteiger charge is -2.40. The molecule has 7 atom stereocenters. The number of aliphatic hydroxyl groups is 5. The van der Waals surface area contributed by atoms with Gasteiger partial charge in [0, 0.05) is 6.42 Å². The van der Waals surface area contributed by atoms with Crippen LogP contribution >= 0.6 is 0 Å². The molecule has 1 aliphatic rings. The smallest absolute Gasteiger partial charge is 0.220 e. The number of allylic oxidation sites excluding steroid dienone is 7. The molecule has 0 radical (unpaired) electrons. The first-order valence-corrected chi connectivity index (χ1v) is 28.9. The maximum absolute atomic E-state index is 13.0. The quantitative estimate of drug-likeness (QED) is 0.0261. The van der Waals surface area contributed by atoms with Gasteiger partial charge in [-0.25, -0.2) is 0 Å². The monoisotopic (exact) mass is 960 g/mol. The highest BCUT2D eigenvalue weighted by atomic mass is 16.7. The lowest BCUT2D eigenvalue weighted by molar-refractivity contribution is -0.302. The zero-order valence-electron chi connectivity index (χ0n) is 44.1. The Balaban J connectivity index is 2.14. The van der Waals surface area contributed by atoms with Crippen molar-refractivity contribution < 1.29 is 39.8 Å². The number of hydrogen-bond acceptors (Lipinski definition) is 8. The number of nitrogens with one attached hydrogen (secondary N) is 1. The van der Waals surface area contributed by atoms with Gasteiger partial charge in [-0.15, -0.1) is 0 Å². The van der Waals surface area contributed by atoms with Gasteiger partial charge in [-0.05, 0) is 51.4 Å². The van der Waals surface area contributed by atoms with Gasteiger partial charge in [0.1, 0.15) is 24.4 Å². The van der Waals surface area contributed by atoms with Crippen LogP contribution in [0, 0.1) is 0 Å². The van der Waals surface area contributed by atoms with Crippen LogP contribution in [0.3, 0.4) is 0 Å². The second-order valence-corrected chi connectivity index (χ2v) is 20.1. The van der Waals surface area contributed by atoms with Crippen molar-refractivity contribution in [3.63, 3.8) is 0 Å². The molecule has 0 aliphatic carbocycles. The van der Waals surface area contributed by atoms with E-state index in [0.717, 1.165) is 64.2 Å². The van der Waals surface area contributed by atoms with Crippen LogP contribution in [0.4, 0.5) is 0 Å². The first-order valence-electron chi connectivity index (χ1n) is 28.9. The van der Waals surface area contributed by atoms with E-state index in [-0.39, 0.29) is 12.5 Å². The summed E-state index contributed by atoms with van der Waals surface area (Å²) < 4.78 is 11.2. The van der Waals surface area contributed by atoms with Crippen molar-refractivity contribution in [3.8, 4) is 0 Å². The highest BCUT2D eigenvalue weighted by Crippen LogP contribution is 2.23. The van der Waals surface area contributed by atoms with Crippen LogP contribution in [0.5, 0.6) is 0 Å². The molecule has 0 aromatic heterocycles. The Morgan fingerprint density at radius 2 is 0.912 bits per heavy atom. The number of hydrogen-bond donors (Lipinski definition) is 6. The minimum absolute atomic E-state index is 0.201. The summed E-state index contributed by atoms with van der Waals surface area (Å²) in [4.78, 5) is 13.0. The average Bonchev–Trinajstić information content (AvgIpc) is 3.34. The van der Waals surface area contributed by atoms with Gasteiger partial charge in [-0.3, -0.25) is 4.79 Å². The van der Waals surface area contributed by atoms with Gasteiger partial charge in [-0.2, -0.15) is 0 Å². The molecule has 1 rings (SSSR count). The SMILES string of the molecule is CC/C=C\C/C=C\C/C=C\CCCCCC(=O)NC(COC1OC(CO)C(O)C(O)C1O)C(O)/C=C/CCCCCCCCCCCCCCCCCCCCCCCCCCCCCCCC. The molecule has 9 nitrogen and oxygen atoms in total.